The van der Waals surface area contributed by atoms with Crippen LogP contribution in [0.15, 0.2) is 24.3 Å². The zero-order valence-corrected chi connectivity index (χ0v) is 11.3. The van der Waals surface area contributed by atoms with Crippen LogP contribution in [-0.4, -0.2) is 26.6 Å². The molecule has 0 aromatic heterocycles. The van der Waals surface area contributed by atoms with Gasteiger partial charge in [0.15, 0.2) is 0 Å². The molecule has 4 nitrogen and oxygen atoms in total. The van der Waals surface area contributed by atoms with Gasteiger partial charge < -0.3 is 15.4 Å². The van der Waals surface area contributed by atoms with Crippen molar-refractivity contribution in [2.24, 2.45) is 0 Å². The predicted molar refractivity (Wildman–Crippen MR) is 72.7 cm³/mol. The molecule has 0 aliphatic carbocycles. The summed E-state index contributed by atoms with van der Waals surface area (Å²) in [7, 11) is 3.52. The van der Waals surface area contributed by atoms with Crippen molar-refractivity contribution in [2.75, 3.05) is 20.7 Å². The Balaban J connectivity index is 2.53. The van der Waals surface area contributed by atoms with Gasteiger partial charge in [-0.3, -0.25) is 4.79 Å². The second-order valence-corrected chi connectivity index (χ2v) is 4.24. The summed E-state index contributed by atoms with van der Waals surface area (Å²) in [5.74, 6) is 0.879. The number of benzene rings is 1. The summed E-state index contributed by atoms with van der Waals surface area (Å²) in [5, 5.41) is 6.01. The standard InChI is InChI=1S/C14H22N2O2/c1-11(16-14(17)9-6-10-15-2)12-7-4-5-8-13(12)18-3/h4-5,7-8,11,15H,6,9-10H2,1-3H3,(H,16,17)/t11-/m0/s1. The van der Waals surface area contributed by atoms with E-state index in [0.717, 1.165) is 24.3 Å². The van der Waals surface area contributed by atoms with E-state index >= 15 is 0 Å². The Morgan fingerprint density at radius 2 is 2.11 bits per heavy atom. The molecule has 4 heteroatoms. The molecule has 0 saturated heterocycles. The van der Waals surface area contributed by atoms with E-state index in [-0.39, 0.29) is 11.9 Å². The summed E-state index contributed by atoms with van der Waals surface area (Å²) < 4.78 is 5.29. The third-order valence-electron chi connectivity index (χ3n) is 2.81. The van der Waals surface area contributed by atoms with E-state index in [9.17, 15) is 4.79 Å². The number of amides is 1. The number of methoxy groups -OCH3 is 1. The van der Waals surface area contributed by atoms with Crippen molar-refractivity contribution >= 4 is 5.91 Å². The second kappa shape index (κ2) is 7.71. The Hall–Kier alpha value is -1.55. The summed E-state index contributed by atoms with van der Waals surface area (Å²) in [6, 6.07) is 7.70. The van der Waals surface area contributed by atoms with Crippen LogP contribution in [0.3, 0.4) is 0 Å². The van der Waals surface area contributed by atoms with Crippen LogP contribution in [-0.2, 0) is 4.79 Å². The first-order valence-corrected chi connectivity index (χ1v) is 6.26. The molecule has 100 valence electrons. The Bertz CT molecular complexity index is 380. The van der Waals surface area contributed by atoms with Crippen LogP contribution in [0.2, 0.25) is 0 Å². The Labute approximate surface area is 109 Å². The molecule has 0 spiro atoms. The van der Waals surface area contributed by atoms with Crippen molar-refractivity contribution in [3.05, 3.63) is 29.8 Å². The highest BCUT2D eigenvalue weighted by Crippen LogP contribution is 2.24. The maximum atomic E-state index is 11.7. The molecular weight excluding hydrogens is 228 g/mol. The minimum Gasteiger partial charge on any atom is -0.496 e. The van der Waals surface area contributed by atoms with Crippen LogP contribution in [0.5, 0.6) is 5.75 Å². The van der Waals surface area contributed by atoms with Crippen molar-refractivity contribution in [1.29, 1.82) is 0 Å². The monoisotopic (exact) mass is 250 g/mol. The van der Waals surface area contributed by atoms with Crippen LogP contribution in [0.4, 0.5) is 0 Å². The van der Waals surface area contributed by atoms with Crippen molar-refractivity contribution in [2.45, 2.75) is 25.8 Å². The first-order valence-electron chi connectivity index (χ1n) is 6.26. The van der Waals surface area contributed by atoms with Gasteiger partial charge in [-0.25, -0.2) is 0 Å². The molecule has 0 heterocycles. The average Bonchev–Trinajstić information content (AvgIpc) is 2.39. The normalized spacial score (nSPS) is 11.9. The average molecular weight is 250 g/mol. The van der Waals surface area contributed by atoms with Crippen LogP contribution in [0.25, 0.3) is 0 Å². The first kappa shape index (κ1) is 14.5. The van der Waals surface area contributed by atoms with Crippen molar-refractivity contribution in [3.8, 4) is 5.75 Å². The lowest BCUT2D eigenvalue weighted by molar-refractivity contribution is -0.121. The van der Waals surface area contributed by atoms with E-state index in [0.29, 0.717) is 6.42 Å². The fourth-order valence-electron chi connectivity index (χ4n) is 1.84. The SMILES string of the molecule is CNCCCC(=O)N[C@@H](C)c1ccccc1OC. The van der Waals surface area contributed by atoms with Gasteiger partial charge in [0.1, 0.15) is 5.75 Å². The lowest BCUT2D eigenvalue weighted by atomic mass is 10.1. The van der Waals surface area contributed by atoms with Gasteiger partial charge in [0.25, 0.3) is 0 Å². The molecule has 1 aromatic rings. The molecule has 2 N–H and O–H groups in total. The highest BCUT2D eigenvalue weighted by Gasteiger charge is 2.12. The first-order chi connectivity index (χ1) is 8.69. The maximum absolute atomic E-state index is 11.7. The van der Waals surface area contributed by atoms with Crippen molar-refractivity contribution in [3.63, 3.8) is 0 Å². The Kier molecular flexibility index (Phi) is 6.22. The van der Waals surface area contributed by atoms with E-state index in [2.05, 4.69) is 10.6 Å². The van der Waals surface area contributed by atoms with Gasteiger partial charge in [0, 0.05) is 12.0 Å². The van der Waals surface area contributed by atoms with Gasteiger partial charge in [0.2, 0.25) is 5.91 Å². The van der Waals surface area contributed by atoms with Gasteiger partial charge in [-0.05, 0) is 33.0 Å². The van der Waals surface area contributed by atoms with Gasteiger partial charge >= 0.3 is 0 Å². The number of carbonyl (C=O) groups excluding carboxylic acids is 1. The predicted octanol–water partition coefficient (Wildman–Crippen LogP) is 1.87. The van der Waals surface area contributed by atoms with Gasteiger partial charge in [-0.15, -0.1) is 0 Å². The van der Waals surface area contributed by atoms with E-state index in [1.807, 2.05) is 38.2 Å². The van der Waals surface area contributed by atoms with Crippen LogP contribution >= 0.6 is 0 Å². The summed E-state index contributed by atoms with van der Waals surface area (Å²) in [6.45, 7) is 2.82. The second-order valence-electron chi connectivity index (χ2n) is 4.24. The Morgan fingerprint density at radius 3 is 2.78 bits per heavy atom. The topological polar surface area (TPSA) is 50.4 Å². The molecule has 0 unspecified atom stereocenters. The number of hydrogen-bond donors (Lipinski definition) is 2. The minimum absolute atomic E-state index is 0.0387. The number of para-hydroxylation sites is 1. The molecule has 0 bridgehead atoms. The molecule has 1 aromatic carbocycles. The lowest BCUT2D eigenvalue weighted by Gasteiger charge is -2.17. The smallest absolute Gasteiger partial charge is 0.220 e. The lowest BCUT2D eigenvalue weighted by Crippen LogP contribution is -2.27. The summed E-state index contributed by atoms with van der Waals surface area (Å²) in [4.78, 5) is 11.7. The number of nitrogens with one attached hydrogen (secondary N) is 2. The third-order valence-corrected chi connectivity index (χ3v) is 2.81. The molecule has 0 saturated carbocycles. The van der Waals surface area contributed by atoms with Crippen LogP contribution in [0, 0.1) is 0 Å². The van der Waals surface area contributed by atoms with Gasteiger partial charge in [-0.1, -0.05) is 18.2 Å². The molecule has 0 aliphatic rings. The largest absolute Gasteiger partial charge is 0.496 e. The fourth-order valence-corrected chi connectivity index (χ4v) is 1.84. The van der Waals surface area contributed by atoms with E-state index < -0.39 is 0 Å². The quantitative estimate of drug-likeness (QED) is 0.726. The Morgan fingerprint density at radius 1 is 1.39 bits per heavy atom. The van der Waals surface area contributed by atoms with Gasteiger partial charge in [0.05, 0.1) is 13.2 Å². The van der Waals surface area contributed by atoms with Crippen LogP contribution < -0.4 is 15.4 Å². The minimum atomic E-state index is -0.0387. The molecule has 1 amide bonds. The molecule has 1 rings (SSSR count). The zero-order chi connectivity index (χ0) is 13.4. The van der Waals surface area contributed by atoms with Crippen molar-refractivity contribution < 1.29 is 9.53 Å². The van der Waals surface area contributed by atoms with Gasteiger partial charge in [-0.2, -0.15) is 0 Å². The highest BCUT2D eigenvalue weighted by molar-refractivity contribution is 5.76. The van der Waals surface area contributed by atoms with E-state index in [1.54, 1.807) is 7.11 Å². The number of carbonyl (C=O) groups is 1. The van der Waals surface area contributed by atoms with E-state index in [4.69, 9.17) is 4.74 Å². The van der Waals surface area contributed by atoms with E-state index in [1.165, 1.54) is 0 Å². The summed E-state index contributed by atoms with van der Waals surface area (Å²) in [5.41, 5.74) is 1.00. The zero-order valence-electron chi connectivity index (χ0n) is 11.3. The summed E-state index contributed by atoms with van der Waals surface area (Å²) in [6.07, 6.45) is 1.39. The van der Waals surface area contributed by atoms with Crippen LogP contribution in [0.1, 0.15) is 31.4 Å². The maximum Gasteiger partial charge on any atom is 0.220 e. The molecule has 1 atom stereocenters. The molecular formula is C14H22N2O2. The molecule has 0 radical (unpaired) electrons. The molecule has 0 fully saturated rings. The number of rotatable bonds is 7. The third kappa shape index (κ3) is 4.37. The summed E-state index contributed by atoms with van der Waals surface area (Å²) >= 11 is 0. The number of hydrogen-bond acceptors (Lipinski definition) is 3. The van der Waals surface area contributed by atoms with Crippen molar-refractivity contribution in [1.82, 2.24) is 10.6 Å². The fraction of sp³-hybridized carbons (Fsp3) is 0.500. The number of ether oxygens (including phenoxy) is 1. The molecule has 18 heavy (non-hydrogen) atoms. The molecule has 0 aliphatic heterocycles. The highest BCUT2D eigenvalue weighted by atomic mass is 16.5.